The lowest BCUT2D eigenvalue weighted by molar-refractivity contribution is -0.139. The number of aromatic nitrogens is 2. The molecular weight excluding hydrogens is 486 g/mol. The van der Waals surface area contributed by atoms with Gasteiger partial charge in [-0.1, -0.05) is 72.4 Å². The van der Waals surface area contributed by atoms with Crippen LogP contribution in [0, 0.1) is 0 Å². The summed E-state index contributed by atoms with van der Waals surface area (Å²) in [6, 6.07) is 24.6. The number of hydrogen-bond donors (Lipinski definition) is 0. The van der Waals surface area contributed by atoms with E-state index in [1.54, 1.807) is 41.6 Å². The highest BCUT2D eigenvalue weighted by Gasteiger charge is 2.17. The SMILES string of the molecule is CCOC(=O)CSc1nc2cc(C(=O)N(C)Cc3ccccc3)ccc2c(=O)n1CCc1ccccc1. The maximum Gasteiger partial charge on any atom is 0.316 e. The maximum absolute atomic E-state index is 13.5. The number of hydrogen-bond acceptors (Lipinski definition) is 6. The quantitative estimate of drug-likeness (QED) is 0.175. The van der Waals surface area contributed by atoms with E-state index in [1.807, 2.05) is 60.7 Å². The molecule has 0 radical (unpaired) electrons. The van der Waals surface area contributed by atoms with Gasteiger partial charge < -0.3 is 9.64 Å². The van der Waals surface area contributed by atoms with Gasteiger partial charge in [0.25, 0.3) is 11.5 Å². The predicted molar refractivity (Wildman–Crippen MR) is 146 cm³/mol. The van der Waals surface area contributed by atoms with Gasteiger partial charge in [0.1, 0.15) is 0 Å². The van der Waals surface area contributed by atoms with Crippen LogP contribution >= 0.6 is 11.8 Å². The lowest BCUT2D eigenvalue weighted by Crippen LogP contribution is -2.27. The number of benzene rings is 3. The Bertz CT molecular complexity index is 1440. The van der Waals surface area contributed by atoms with Crippen LogP contribution in [-0.2, 0) is 29.0 Å². The van der Waals surface area contributed by atoms with E-state index < -0.39 is 0 Å². The summed E-state index contributed by atoms with van der Waals surface area (Å²) in [5.74, 6) is -0.500. The number of aryl methyl sites for hydroxylation is 1. The number of amides is 1. The molecule has 7 nitrogen and oxygen atoms in total. The monoisotopic (exact) mass is 515 g/mol. The first kappa shape index (κ1) is 26.2. The standard InChI is InChI=1S/C29H29N3O4S/c1-3-36-26(33)20-37-29-30-25-18-23(27(34)31(2)19-22-12-8-5-9-13-22)14-15-24(25)28(35)32(29)17-16-21-10-6-4-7-11-21/h4-15,18H,3,16-17,19-20H2,1-2H3. The van der Waals surface area contributed by atoms with Crippen molar-refractivity contribution in [2.24, 2.45) is 0 Å². The third kappa shape index (κ3) is 6.65. The highest BCUT2D eigenvalue weighted by atomic mass is 32.2. The normalized spacial score (nSPS) is 10.9. The maximum atomic E-state index is 13.5. The minimum Gasteiger partial charge on any atom is -0.465 e. The molecule has 1 aromatic heterocycles. The fraction of sp³-hybridized carbons (Fsp3) is 0.241. The molecule has 0 N–H and O–H groups in total. The van der Waals surface area contributed by atoms with Gasteiger partial charge in [0.15, 0.2) is 5.16 Å². The summed E-state index contributed by atoms with van der Waals surface area (Å²) in [5, 5.41) is 0.847. The molecule has 1 amide bonds. The van der Waals surface area contributed by atoms with Crippen molar-refractivity contribution in [3.05, 3.63) is 106 Å². The molecule has 0 saturated carbocycles. The van der Waals surface area contributed by atoms with Crippen LogP contribution in [0.25, 0.3) is 10.9 Å². The molecule has 3 aromatic carbocycles. The Morgan fingerprint density at radius 2 is 1.65 bits per heavy atom. The molecule has 4 rings (SSSR count). The van der Waals surface area contributed by atoms with E-state index in [0.29, 0.717) is 41.1 Å². The molecule has 0 fully saturated rings. The molecule has 0 spiro atoms. The van der Waals surface area contributed by atoms with E-state index in [-0.39, 0.29) is 29.8 Å². The van der Waals surface area contributed by atoms with E-state index in [4.69, 9.17) is 9.72 Å². The molecule has 8 heteroatoms. The Kier molecular flexibility index (Phi) is 8.74. The summed E-state index contributed by atoms with van der Waals surface area (Å²) in [4.78, 5) is 45.0. The number of carbonyl (C=O) groups is 2. The van der Waals surface area contributed by atoms with Crippen LogP contribution in [-0.4, -0.2) is 45.7 Å². The zero-order chi connectivity index (χ0) is 26.2. The Morgan fingerprint density at radius 3 is 2.32 bits per heavy atom. The molecule has 4 aromatic rings. The molecule has 0 aliphatic heterocycles. The Morgan fingerprint density at radius 1 is 0.973 bits per heavy atom. The van der Waals surface area contributed by atoms with Crippen molar-refractivity contribution in [2.75, 3.05) is 19.4 Å². The molecule has 0 unspecified atom stereocenters. The zero-order valence-electron chi connectivity index (χ0n) is 20.9. The van der Waals surface area contributed by atoms with Crippen molar-refractivity contribution >= 4 is 34.5 Å². The van der Waals surface area contributed by atoms with Crippen molar-refractivity contribution in [3.63, 3.8) is 0 Å². The predicted octanol–water partition coefficient (Wildman–Crippen LogP) is 4.57. The summed E-state index contributed by atoms with van der Waals surface area (Å²) in [6.07, 6.45) is 0.641. The molecular formula is C29H29N3O4S. The summed E-state index contributed by atoms with van der Waals surface area (Å²) < 4.78 is 6.65. The van der Waals surface area contributed by atoms with E-state index in [9.17, 15) is 14.4 Å². The third-order valence-corrected chi connectivity index (χ3v) is 6.82. The summed E-state index contributed by atoms with van der Waals surface area (Å²) in [5.41, 5.74) is 2.78. The van der Waals surface area contributed by atoms with Crippen LogP contribution in [0.2, 0.25) is 0 Å². The molecule has 190 valence electrons. The second-order valence-electron chi connectivity index (χ2n) is 8.56. The highest BCUT2D eigenvalue weighted by Crippen LogP contribution is 2.21. The highest BCUT2D eigenvalue weighted by molar-refractivity contribution is 7.99. The van der Waals surface area contributed by atoms with E-state index in [0.717, 1.165) is 22.9 Å². The van der Waals surface area contributed by atoms with Crippen LogP contribution in [0.1, 0.15) is 28.4 Å². The first-order valence-electron chi connectivity index (χ1n) is 12.1. The number of fused-ring (bicyclic) bond motifs is 1. The first-order valence-corrected chi connectivity index (χ1v) is 13.1. The van der Waals surface area contributed by atoms with Crippen LogP contribution in [0.4, 0.5) is 0 Å². The van der Waals surface area contributed by atoms with Gasteiger partial charge in [-0.15, -0.1) is 0 Å². The van der Waals surface area contributed by atoms with Crippen LogP contribution in [0.3, 0.4) is 0 Å². The molecule has 0 bridgehead atoms. The average molecular weight is 516 g/mol. The second kappa shape index (κ2) is 12.4. The van der Waals surface area contributed by atoms with Crippen molar-refractivity contribution in [1.29, 1.82) is 0 Å². The van der Waals surface area contributed by atoms with E-state index >= 15 is 0 Å². The van der Waals surface area contributed by atoms with Crippen molar-refractivity contribution < 1.29 is 14.3 Å². The molecule has 37 heavy (non-hydrogen) atoms. The first-order chi connectivity index (χ1) is 18.0. The average Bonchev–Trinajstić information content (AvgIpc) is 2.92. The number of rotatable bonds is 10. The lowest BCUT2D eigenvalue weighted by atomic mass is 10.1. The minimum absolute atomic E-state index is 0.0373. The van der Waals surface area contributed by atoms with Gasteiger partial charge in [-0.25, -0.2) is 4.98 Å². The van der Waals surface area contributed by atoms with E-state index in [2.05, 4.69) is 0 Å². The largest absolute Gasteiger partial charge is 0.465 e. The van der Waals surface area contributed by atoms with Gasteiger partial charge in [0, 0.05) is 25.7 Å². The Balaban J connectivity index is 1.64. The number of thioether (sulfide) groups is 1. The van der Waals surface area contributed by atoms with Crippen molar-refractivity contribution in [2.45, 2.75) is 31.6 Å². The second-order valence-corrected chi connectivity index (χ2v) is 9.50. The van der Waals surface area contributed by atoms with Crippen LogP contribution < -0.4 is 5.56 Å². The van der Waals surface area contributed by atoms with Gasteiger partial charge in [0.2, 0.25) is 0 Å². The lowest BCUT2D eigenvalue weighted by Gasteiger charge is -2.18. The van der Waals surface area contributed by atoms with E-state index in [1.165, 1.54) is 0 Å². The molecule has 0 aliphatic rings. The summed E-state index contributed by atoms with van der Waals surface area (Å²) >= 11 is 1.16. The van der Waals surface area contributed by atoms with Gasteiger partial charge in [0.05, 0.1) is 23.3 Å². The van der Waals surface area contributed by atoms with Crippen molar-refractivity contribution in [1.82, 2.24) is 14.5 Å². The van der Waals surface area contributed by atoms with Crippen LogP contribution in [0.5, 0.6) is 0 Å². The van der Waals surface area contributed by atoms with Gasteiger partial charge >= 0.3 is 5.97 Å². The number of carbonyl (C=O) groups excluding carboxylic acids is 2. The minimum atomic E-state index is -0.372. The van der Waals surface area contributed by atoms with Gasteiger partial charge in [-0.3, -0.25) is 19.0 Å². The smallest absolute Gasteiger partial charge is 0.316 e. The topological polar surface area (TPSA) is 81.5 Å². The van der Waals surface area contributed by atoms with Crippen molar-refractivity contribution in [3.8, 4) is 0 Å². The third-order valence-electron chi connectivity index (χ3n) is 5.87. The van der Waals surface area contributed by atoms with Gasteiger partial charge in [-0.05, 0) is 42.7 Å². The number of ether oxygens (including phenoxy) is 1. The number of esters is 1. The molecule has 0 atom stereocenters. The summed E-state index contributed by atoms with van der Waals surface area (Å²) in [7, 11) is 1.75. The van der Waals surface area contributed by atoms with Crippen LogP contribution in [0.15, 0.2) is 88.8 Å². The fourth-order valence-electron chi connectivity index (χ4n) is 4.00. The molecule has 0 aliphatic carbocycles. The fourth-order valence-corrected chi connectivity index (χ4v) is 4.83. The number of nitrogens with zero attached hydrogens (tertiary/aromatic N) is 3. The molecule has 1 heterocycles. The molecule has 0 saturated heterocycles. The summed E-state index contributed by atoms with van der Waals surface area (Å²) in [6.45, 7) is 2.91. The zero-order valence-corrected chi connectivity index (χ0v) is 21.7. The Labute approximate surface area is 220 Å². The van der Waals surface area contributed by atoms with Gasteiger partial charge in [-0.2, -0.15) is 0 Å². The Hall–Kier alpha value is -3.91.